The fourth-order valence-electron chi connectivity index (χ4n) is 3.95. The summed E-state index contributed by atoms with van der Waals surface area (Å²) in [4.78, 5) is 29.0. The second-order valence-corrected chi connectivity index (χ2v) is 7.25. The van der Waals surface area contributed by atoms with Crippen LogP contribution in [0.25, 0.3) is 11.3 Å². The Labute approximate surface area is 187 Å². The Balaban J connectivity index is 0.00000240. The average molecular weight is 505 g/mol. The lowest BCUT2D eigenvalue weighted by Crippen LogP contribution is -3.00. The first kappa shape index (κ1) is 21.4. The van der Waals surface area contributed by atoms with Gasteiger partial charge in [0.05, 0.1) is 0 Å². The maximum absolute atomic E-state index is 13.0. The van der Waals surface area contributed by atoms with E-state index in [0.717, 1.165) is 44.6 Å². The van der Waals surface area contributed by atoms with E-state index in [4.69, 9.17) is 4.42 Å². The monoisotopic (exact) mass is 505 g/mol. The van der Waals surface area contributed by atoms with Crippen LogP contribution in [0.4, 0.5) is 5.69 Å². The highest BCUT2D eigenvalue weighted by molar-refractivity contribution is 5.92. The van der Waals surface area contributed by atoms with Crippen molar-refractivity contribution in [2.75, 3.05) is 26.2 Å². The molecule has 0 radical (unpaired) electrons. The van der Waals surface area contributed by atoms with Gasteiger partial charge in [-0.15, -0.1) is 4.58 Å². The summed E-state index contributed by atoms with van der Waals surface area (Å²) in [7, 11) is 0. The summed E-state index contributed by atoms with van der Waals surface area (Å²) in [6.07, 6.45) is 3.29. The van der Waals surface area contributed by atoms with Gasteiger partial charge in [-0.2, -0.15) is 0 Å². The first-order valence-electron chi connectivity index (χ1n) is 9.57. The molecule has 0 atom stereocenters. The molecule has 0 aliphatic carbocycles. The summed E-state index contributed by atoms with van der Waals surface area (Å²) < 4.78 is 7.16. The van der Waals surface area contributed by atoms with Crippen molar-refractivity contribution >= 4 is 24.2 Å². The highest BCUT2D eigenvalue weighted by Gasteiger charge is 2.33. The summed E-state index contributed by atoms with van der Waals surface area (Å²) in [6.45, 7) is 11.0. The maximum Gasteiger partial charge on any atom is 0.416 e. The third-order valence-electron chi connectivity index (χ3n) is 5.64. The first-order valence-corrected chi connectivity index (χ1v) is 9.57. The van der Waals surface area contributed by atoms with Gasteiger partial charge in [-0.05, 0) is 37.1 Å². The Hall–Kier alpha value is -2.26. The van der Waals surface area contributed by atoms with Crippen molar-refractivity contribution in [1.29, 1.82) is 0 Å². The summed E-state index contributed by atoms with van der Waals surface area (Å²) >= 11 is 0. The van der Waals surface area contributed by atoms with Crippen LogP contribution in [-0.4, -0.2) is 65.1 Å². The largest absolute Gasteiger partial charge is 1.00 e. The van der Waals surface area contributed by atoms with Crippen LogP contribution < -0.4 is 24.0 Å². The van der Waals surface area contributed by atoms with Gasteiger partial charge in [-0.3, -0.25) is 4.79 Å². The molecule has 2 amide bonds. The zero-order valence-corrected chi connectivity index (χ0v) is 18.4. The minimum atomic E-state index is -0.276. The second kappa shape index (κ2) is 9.04. The van der Waals surface area contributed by atoms with E-state index in [0.29, 0.717) is 23.2 Å². The molecule has 152 valence electrons. The smallest absolute Gasteiger partial charge is 0.416 e. The molecule has 2 bridgehead atoms. The normalized spacial score (nSPS) is 20.5. The lowest BCUT2D eigenvalue weighted by Gasteiger charge is -2.30. The molecular weight excluding hydrogens is 481 g/mol. The molecule has 7 heteroatoms. The molecule has 0 N–H and O–H groups in total. The number of rotatable bonds is 4. The Bertz CT molecular complexity index is 927. The molecule has 29 heavy (non-hydrogen) atoms. The van der Waals surface area contributed by atoms with Crippen molar-refractivity contribution < 1.29 is 42.6 Å². The van der Waals surface area contributed by atoms with E-state index >= 15 is 0 Å². The van der Waals surface area contributed by atoms with Gasteiger partial charge in [0, 0.05) is 56.0 Å². The molecule has 5 rings (SSSR count). The quantitative estimate of drug-likeness (QED) is 0.253. The summed E-state index contributed by atoms with van der Waals surface area (Å²) in [5.41, 5.74) is 1.50. The molecule has 0 spiro atoms. The van der Waals surface area contributed by atoms with Gasteiger partial charge in [0.15, 0.2) is 5.76 Å². The van der Waals surface area contributed by atoms with E-state index in [1.54, 1.807) is 18.2 Å². The molecule has 4 heterocycles. The number of hydrogen-bond donors (Lipinski definition) is 0. The maximum atomic E-state index is 13.0. The molecule has 6 nitrogen and oxygen atoms in total. The highest BCUT2D eigenvalue weighted by atomic mass is 127. The molecule has 2 aromatic rings. The van der Waals surface area contributed by atoms with E-state index in [1.165, 1.54) is 10.7 Å². The number of carbonyl (C=O) groups excluding carboxylic acids is 2. The number of furan rings is 1. The van der Waals surface area contributed by atoms with E-state index in [9.17, 15) is 9.59 Å². The third kappa shape index (κ3) is 4.35. The van der Waals surface area contributed by atoms with Crippen molar-refractivity contribution in [1.82, 2.24) is 9.80 Å². The minimum absolute atomic E-state index is 0. The Kier molecular flexibility index (Phi) is 6.69. The molecule has 3 aliphatic rings. The van der Waals surface area contributed by atoms with Crippen molar-refractivity contribution in [3.05, 3.63) is 54.8 Å². The van der Waals surface area contributed by atoms with Crippen LogP contribution in [0.1, 0.15) is 23.4 Å². The molecule has 1 aromatic heterocycles. The van der Waals surface area contributed by atoms with Gasteiger partial charge < -0.3 is 38.2 Å². The predicted octanol–water partition coefficient (Wildman–Crippen LogP) is -0.0720. The average Bonchev–Trinajstić information content (AvgIpc) is 3.05. The molecule has 3 saturated heterocycles. The molecule has 3 fully saturated rings. The minimum Gasteiger partial charge on any atom is -1.00 e. The molecule has 1 aromatic carbocycles. The van der Waals surface area contributed by atoms with Crippen LogP contribution in [-0.2, 0) is 4.79 Å². The molecule has 3 aliphatic heterocycles. The van der Waals surface area contributed by atoms with Crippen LogP contribution in [0.2, 0.25) is 0 Å². The topological polar surface area (TPSA) is 56.8 Å². The summed E-state index contributed by atoms with van der Waals surface area (Å²) in [6, 6.07) is 11.1. The van der Waals surface area contributed by atoms with Crippen LogP contribution in [0.3, 0.4) is 0 Å². The number of fused-ring (bicyclic) bond motifs is 4. The Morgan fingerprint density at radius 2 is 1.72 bits per heavy atom. The lowest BCUT2D eigenvalue weighted by atomic mass is 10.1. The van der Waals surface area contributed by atoms with Crippen molar-refractivity contribution in [2.45, 2.75) is 18.9 Å². The van der Waals surface area contributed by atoms with Gasteiger partial charge in [0.1, 0.15) is 12.5 Å². The standard InChI is InChI=1S/C22H24N3O3.HI/c1-3-21(26)23(2)17-6-4-16(5-7-17)19-8-9-20(28-19)22(27)25-15-14-24-12-10-18(25)11-13-24;/h3-9,18H,1-2,10-15H2;1H/q+1;/p-1. The van der Waals surface area contributed by atoms with Gasteiger partial charge >= 0.3 is 5.91 Å². The van der Waals surface area contributed by atoms with E-state index in [2.05, 4.69) is 18.2 Å². The van der Waals surface area contributed by atoms with Crippen molar-refractivity contribution in [3.63, 3.8) is 0 Å². The highest BCUT2D eigenvalue weighted by Crippen LogP contribution is 2.27. The van der Waals surface area contributed by atoms with Gasteiger partial charge in [-0.1, -0.05) is 6.58 Å². The predicted molar refractivity (Wildman–Crippen MR) is 107 cm³/mol. The zero-order chi connectivity index (χ0) is 19.7. The summed E-state index contributed by atoms with van der Waals surface area (Å²) in [5, 5.41) is 0. The zero-order valence-electron chi connectivity index (χ0n) is 16.2. The number of piperidine rings is 1. The third-order valence-corrected chi connectivity index (χ3v) is 5.64. The fraction of sp³-hybridized carbons (Fsp3) is 0.318. The van der Waals surface area contributed by atoms with Crippen LogP contribution in [0.5, 0.6) is 0 Å². The number of nitrogens with zero attached hydrogens (tertiary/aromatic N) is 3. The number of carbonyl (C=O) groups is 2. The fourth-order valence-corrected chi connectivity index (χ4v) is 3.95. The summed E-state index contributed by atoms with van der Waals surface area (Å²) in [5.74, 6) is 0.696. The van der Waals surface area contributed by atoms with Crippen molar-refractivity contribution in [3.8, 4) is 11.3 Å². The number of amides is 2. The number of benzene rings is 1. The Morgan fingerprint density at radius 3 is 2.38 bits per heavy atom. The van der Waals surface area contributed by atoms with Crippen LogP contribution >= 0.6 is 0 Å². The lowest BCUT2D eigenvalue weighted by molar-refractivity contribution is -0.352. The van der Waals surface area contributed by atoms with Gasteiger partial charge in [-0.25, -0.2) is 4.79 Å². The second-order valence-electron chi connectivity index (χ2n) is 7.25. The Morgan fingerprint density at radius 1 is 1.03 bits per heavy atom. The van der Waals surface area contributed by atoms with E-state index in [1.807, 2.05) is 23.1 Å². The van der Waals surface area contributed by atoms with E-state index < -0.39 is 0 Å². The van der Waals surface area contributed by atoms with Gasteiger partial charge in [0.25, 0.3) is 5.91 Å². The number of halogens is 1. The van der Waals surface area contributed by atoms with E-state index in [-0.39, 0.29) is 35.8 Å². The van der Waals surface area contributed by atoms with Crippen molar-refractivity contribution in [2.24, 2.45) is 0 Å². The molecule has 0 saturated carbocycles. The molecular formula is C22H24IN3O3. The van der Waals surface area contributed by atoms with Gasteiger partial charge in [0.2, 0.25) is 5.69 Å². The number of hydrogen-bond acceptors (Lipinski definition) is 4. The van der Waals surface area contributed by atoms with Crippen LogP contribution in [0.15, 0.2) is 53.5 Å². The SMILES string of the molecule is C=CC(=O)[N+](=C)c1ccc(-c2ccc(C(=O)N3CCN4CCC3CC4)o2)cc1.[I-]. The van der Waals surface area contributed by atoms with Crippen LogP contribution in [0, 0.1) is 0 Å². The first-order chi connectivity index (χ1) is 13.6. The molecule has 0 unspecified atom stereocenters.